The van der Waals surface area contributed by atoms with Gasteiger partial charge in [0.15, 0.2) is 0 Å². The average Bonchev–Trinajstić information content (AvgIpc) is 2.09. The molecule has 0 aliphatic heterocycles. The highest BCUT2D eigenvalue weighted by atomic mass is 35.5. The summed E-state index contributed by atoms with van der Waals surface area (Å²) in [4.78, 5) is 21.3. The van der Waals surface area contributed by atoms with E-state index in [0.717, 1.165) is 5.75 Å². The number of carbonyl (C=O) groups excluding carboxylic acids is 1. The molecular weight excluding hydrogens is 226 g/mol. The summed E-state index contributed by atoms with van der Waals surface area (Å²) in [5.41, 5.74) is 0. The van der Waals surface area contributed by atoms with Crippen LogP contribution in [0.15, 0.2) is 0 Å². The Bertz CT molecular complexity index is 201. The lowest BCUT2D eigenvalue weighted by Crippen LogP contribution is -2.39. The Morgan fingerprint density at radius 2 is 2.14 bits per heavy atom. The van der Waals surface area contributed by atoms with Crippen molar-refractivity contribution in [1.82, 2.24) is 5.32 Å². The van der Waals surface area contributed by atoms with E-state index in [1.165, 1.54) is 6.92 Å². The van der Waals surface area contributed by atoms with Crippen LogP contribution in [-0.2, 0) is 9.59 Å². The van der Waals surface area contributed by atoms with Crippen molar-refractivity contribution >= 4 is 35.2 Å². The van der Waals surface area contributed by atoms with E-state index in [1.54, 1.807) is 11.8 Å². The molecule has 1 amide bonds. The summed E-state index contributed by atoms with van der Waals surface area (Å²) in [6.07, 6.45) is 0.427. The lowest BCUT2D eigenvalue weighted by Gasteiger charge is -2.12. The zero-order valence-electron chi connectivity index (χ0n) is 7.96. The van der Waals surface area contributed by atoms with Crippen molar-refractivity contribution in [1.29, 1.82) is 0 Å². The van der Waals surface area contributed by atoms with Gasteiger partial charge in [-0.15, -0.1) is 11.6 Å². The maximum absolute atomic E-state index is 10.6. The molecule has 0 bridgehead atoms. The summed E-state index contributed by atoms with van der Waals surface area (Å²) in [6.45, 7) is 1.31. The van der Waals surface area contributed by atoms with Crippen LogP contribution in [0.25, 0.3) is 0 Å². The monoisotopic (exact) mass is 239 g/mol. The molecule has 4 nitrogen and oxygen atoms in total. The molecule has 0 aliphatic carbocycles. The number of aliphatic carboxylic acids is 1. The van der Waals surface area contributed by atoms with Crippen LogP contribution >= 0.6 is 23.4 Å². The second-order valence-corrected chi connectivity index (χ2v) is 4.28. The summed E-state index contributed by atoms with van der Waals surface area (Å²) >= 11 is 7.04. The minimum atomic E-state index is -0.994. The third kappa shape index (κ3) is 7.03. The number of carboxylic acids is 1. The Morgan fingerprint density at radius 3 is 2.57 bits per heavy atom. The third-order valence-electron chi connectivity index (χ3n) is 1.45. The van der Waals surface area contributed by atoms with Crippen molar-refractivity contribution < 1.29 is 14.7 Å². The van der Waals surface area contributed by atoms with E-state index in [9.17, 15) is 9.59 Å². The maximum atomic E-state index is 10.6. The number of halogens is 1. The van der Waals surface area contributed by atoms with Crippen molar-refractivity contribution in [3.8, 4) is 0 Å². The standard InChI is InChI=1S/C8H14ClNO3S/c1-6(11)10-7(8(12)13)2-4-14-5-3-9/h7H,2-5H2,1H3,(H,10,11)(H,12,13)/t7-/m0/s1. The van der Waals surface area contributed by atoms with Crippen LogP contribution < -0.4 is 5.32 Å². The first-order chi connectivity index (χ1) is 6.57. The Morgan fingerprint density at radius 1 is 1.50 bits per heavy atom. The number of hydrogen-bond acceptors (Lipinski definition) is 3. The van der Waals surface area contributed by atoms with Crippen LogP contribution in [-0.4, -0.2) is 40.4 Å². The number of amides is 1. The fourth-order valence-electron chi connectivity index (χ4n) is 0.861. The quantitative estimate of drug-likeness (QED) is 0.513. The van der Waals surface area contributed by atoms with Crippen molar-refractivity contribution in [2.75, 3.05) is 17.4 Å². The van der Waals surface area contributed by atoms with E-state index < -0.39 is 12.0 Å². The number of hydrogen-bond donors (Lipinski definition) is 2. The van der Waals surface area contributed by atoms with Gasteiger partial charge in [-0.05, 0) is 12.2 Å². The first-order valence-corrected chi connectivity index (χ1v) is 5.90. The first kappa shape index (κ1) is 13.6. The molecule has 0 saturated heterocycles. The number of nitrogens with one attached hydrogen (secondary N) is 1. The third-order valence-corrected chi connectivity index (χ3v) is 2.88. The van der Waals surface area contributed by atoms with Gasteiger partial charge in [0, 0.05) is 18.6 Å². The predicted octanol–water partition coefficient (Wildman–Crippen LogP) is 0.938. The molecule has 0 saturated carbocycles. The molecule has 6 heteroatoms. The lowest BCUT2D eigenvalue weighted by molar-refractivity contribution is -0.141. The number of carbonyl (C=O) groups is 2. The van der Waals surface area contributed by atoms with Gasteiger partial charge in [0.05, 0.1) is 0 Å². The van der Waals surface area contributed by atoms with Gasteiger partial charge in [0.25, 0.3) is 0 Å². The second kappa shape index (κ2) is 7.94. The molecule has 1 atom stereocenters. The van der Waals surface area contributed by atoms with Crippen LogP contribution in [0, 0.1) is 0 Å². The summed E-state index contributed by atoms with van der Waals surface area (Å²) in [5, 5.41) is 11.1. The van der Waals surface area contributed by atoms with Crippen molar-refractivity contribution in [3.63, 3.8) is 0 Å². The number of alkyl halides is 1. The van der Waals surface area contributed by atoms with Gasteiger partial charge in [-0.25, -0.2) is 4.79 Å². The molecule has 0 heterocycles. The van der Waals surface area contributed by atoms with Gasteiger partial charge in [-0.1, -0.05) is 0 Å². The van der Waals surface area contributed by atoms with Crippen molar-refractivity contribution in [2.24, 2.45) is 0 Å². The largest absolute Gasteiger partial charge is 0.480 e. The Kier molecular flexibility index (Phi) is 7.70. The molecule has 0 aromatic rings. The molecule has 14 heavy (non-hydrogen) atoms. The van der Waals surface area contributed by atoms with Crippen LogP contribution in [0.5, 0.6) is 0 Å². The molecule has 0 rings (SSSR count). The summed E-state index contributed by atoms with van der Waals surface area (Å²) in [5.74, 6) is 0.729. The molecule has 0 aromatic heterocycles. The van der Waals surface area contributed by atoms with E-state index >= 15 is 0 Å². The van der Waals surface area contributed by atoms with Gasteiger partial charge < -0.3 is 10.4 Å². The molecule has 0 fully saturated rings. The van der Waals surface area contributed by atoms with Crippen LogP contribution in [0.4, 0.5) is 0 Å². The van der Waals surface area contributed by atoms with E-state index in [0.29, 0.717) is 18.1 Å². The van der Waals surface area contributed by atoms with Gasteiger partial charge >= 0.3 is 5.97 Å². The molecule has 0 spiro atoms. The normalized spacial score (nSPS) is 12.1. The van der Waals surface area contributed by atoms with Gasteiger partial charge in [0.1, 0.15) is 6.04 Å². The summed E-state index contributed by atoms with van der Waals surface area (Å²) < 4.78 is 0. The average molecular weight is 240 g/mol. The molecule has 0 unspecified atom stereocenters. The minimum absolute atomic E-state index is 0.320. The zero-order chi connectivity index (χ0) is 11.0. The Labute approximate surface area is 92.4 Å². The topological polar surface area (TPSA) is 66.4 Å². The Balaban J connectivity index is 3.74. The molecule has 0 aromatic carbocycles. The van der Waals surface area contributed by atoms with Gasteiger partial charge in [0.2, 0.25) is 5.91 Å². The summed E-state index contributed by atoms with van der Waals surface area (Å²) in [6, 6.07) is -0.782. The number of rotatable bonds is 7. The second-order valence-electron chi connectivity index (χ2n) is 2.68. The van der Waals surface area contributed by atoms with Crippen molar-refractivity contribution in [3.05, 3.63) is 0 Å². The fraction of sp³-hybridized carbons (Fsp3) is 0.750. The smallest absolute Gasteiger partial charge is 0.326 e. The van der Waals surface area contributed by atoms with E-state index in [-0.39, 0.29) is 5.91 Å². The molecule has 2 N–H and O–H groups in total. The fourth-order valence-corrected chi connectivity index (χ4v) is 1.90. The lowest BCUT2D eigenvalue weighted by atomic mass is 10.2. The minimum Gasteiger partial charge on any atom is -0.480 e. The van der Waals surface area contributed by atoms with Gasteiger partial charge in [-0.2, -0.15) is 11.8 Å². The summed E-state index contributed by atoms with van der Waals surface area (Å²) in [7, 11) is 0. The molecule has 82 valence electrons. The molecular formula is C8H14ClNO3S. The van der Waals surface area contributed by atoms with Crippen LogP contribution in [0.3, 0.4) is 0 Å². The van der Waals surface area contributed by atoms with E-state index in [2.05, 4.69) is 5.32 Å². The maximum Gasteiger partial charge on any atom is 0.326 e. The molecule has 0 radical (unpaired) electrons. The van der Waals surface area contributed by atoms with E-state index in [4.69, 9.17) is 16.7 Å². The SMILES string of the molecule is CC(=O)N[C@@H](CCSCCCl)C(=O)O. The van der Waals surface area contributed by atoms with Crippen molar-refractivity contribution in [2.45, 2.75) is 19.4 Å². The van der Waals surface area contributed by atoms with Crippen LogP contribution in [0.2, 0.25) is 0 Å². The number of thioether (sulfide) groups is 1. The number of carboxylic acid groups (broad SMARTS) is 1. The highest BCUT2D eigenvalue weighted by Gasteiger charge is 2.17. The zero-order valence-corrected chi connectivity index (χ0v) is 9.53. The highest BCUT2D eigenvalue weighted by molar-refractivity contribution is 7.99. The first-order valence-electron chi connectivity index (χ1n) is 4.21. The molecule has 0 aliphatic rings. The Hall–Kier alpha value is -0.420. The van der Waals surface area contributed by atoms with E-state index in [1.807, 2.05) is 0 Å². The highest BCUT2D eigenvalue weighted by Crippen LogP contribution is 2.05. The predicted molar refractivity (Wildman–Crippen MR) is 57.9 cm³/mol. The van der Waals surface area contributed by atoms with Gasteiger partial charge in [-0.3, -0.25) is 4.79 Å². The van der Waals surface area contributed by atoms with Crippen LogP contribution in [0.1, 0.15) is 13.3 Å².